The van der Waals surface area contributed by atoms with Crippen LogP contribution in [0.2, 0.25) is 0 Å². The number of fused-ring (bicyclic) bond motifs is 1. The van der Waals surface area contributed by atoms with Crippen molar-refractivity contribution in [2.45, 2.75) is 19.8 Å². The van der Waals surface area contributed by atoms with Gasteiger partial charge in [0.15, 0.2) is 17.2 Å². The van der Waals surface area contributed by atoms with Crippen molar-refractivity contribution >= 4 is 17.5 Å². The van der Waals surface area contributed by atoms with Crippen LogP contribution in [0.15, 0.2) is 18.2 Å². The highest BCUT2D eigenvalue weighted by Gasteiger charge is 2.22. The second-order valence-corrected chi connectivity index (χ2v) is 6.37. The number of aromatic nitrogens is 2. The van der Waals surface area contributed by atoms with Crippen LogP contribution >= 0.6 is 0 Å². The number of benzene rings is 1. The summed E-state index contributed by atoms with van der Waals surface area (Å²) >= 11 is 0. The van der Waals surface area contributed by atoms with Gasteiger partial charge in [0, 0.05) is 27.6 Å². The predicted octanol–water partition coefficient (Wildman–Crippen LogP) is 1.73. The average molecular weight is 358 g/mol. The molecule has 1 aliphatic heterocycles. The number of hydrogen-bond acceptors (Lipinski definition) is 5. The number of rotatable bonds is 5. The summed E-state index contributed by atoms with van der Waals surface area (Å²) < 4.78 is 12.2. The Kier molecular flexibility index (Phi) is 4.83. The van der Waals surface area contributed by atoms with Crippen molar-refractivity contribution in [1.29, 1.82) is 0 Å². The highest BCUT2D eigenvalue weighted by Crippen LogP contribution is 2.32. The van der Waals surface area contributed by atoms with E-state index in [1.807, 2.05) is 25.1 Å². The van der Waals surface area contributed by atoms with Crippen molar-refractivity contribution in [3.8, 4) is 11.5 Å². The number of hydrogen-bond donors (Lipinski definition) is 1. The summed E-state index contributed by atoms with van der Waals surface area (Å²) in [6.45, 7) is 2.04. The number of ether oxygens (including phenoxy) is 2. The number of anilines is 1. The quantitative estimate of drug-likeness (QED) is 0.880. The second-order valence-electron chi connectivity index (χ2n) is 6.37. The van der Waals surface area contributed by atoms with Crippen molar-refractivity contribution < 1.29 is 19.1 Å². The molecule has 0 saturated heterocycles. The Bertz CT molecular complexity index is 857. The summed E-state index contributed by atoms with van der Waals surface area (Å²) in [5.41, 5.74) is 2.41. The van der Waals surface area contributed by atoms with E-state index in [-0.39, 0.29) is 30.7 Å². The van der Waals surface area contributed by atoms with Crippen molar-refractivity contribution in [3.63, 3.8) is 0 Å². The third-order valence-electron chi connectivity index (χ3n) is 4.28. The van der Waals surface area contributed by atoms with Gasteiger partial charge in [0.1, 0.15) is 0 Å². The van der Waals surface area contributed by atoms with Gasteiger partial charge < -0.3 is 19.7 Å². The lowest BCUT2D eigenvalue weighted by Gasteiger charge is -2.11. The zero-order valence-electron chi connectivity index (χ0n) is 15.3. The zero-order valence-corrected chi connectivity index (χ0v) is 15.3. The Morgan fingerprint density at radius 1 is 1.27 bits per heavy atom. The van der Waals surface area contributed by atoms with Crippen LogP contribution in [0.4, 0.5) is 5.69 Å². The Morgan fingerprint density at radius 3 is 2.73 bits per heavy atom. The largest absolute Gasteiger partial charge is 0.454 e. The molecule has 26 heavy (non-hydrogen) atoms. The molecule has 0 aliphatic carbocycles. The SMILES string of the molecule is Cc1c(NC(=O)CCc2ccc3c(c2)OCO3)c(C(=O)N(C)C)nn1C. The molecule has 8 nitrogen and oxygen atoms in total. The Balaban J connectivity index is 1.68. The molecule has 1 aliphatic rings. The Morgan fingerprint density at radius 2 is 2.00 bits per heavy atom. The van der Waals surface area contributed by atoms with Crippen LogP contribution in [-0.4, -0.2) is 47.4 Å². The van der Waals surface area contributed by atoms with Gasteiger partial charge in [-0.1, -0.05) is 6.07 Å². The molecule has 8 heteroatoms. The van der Waals surface area contributed by atoms with E-state index in [9.17, 15) is 9.59 Å². The fraction of sp³-hybridized carbons (Fsp3) is 0.389. The number of carbonyl (C=O) groups is 2. The van der Waals surface area contributed by atoms with Gasteiger partial charge in [-0.2, -0.15) is 5.10 Å². The van der Waals surface area contributed by atoms with E-state index < -0.39 is 0 Å². The van der Waals surface area contributed by atoms with Crippen molar-refractivity contribution in [2.24, 2.45) is 7.05 Å². The van der Waals surface area contributed by atoms with Gasteiger partial charge in [-0.3, -0.25) is 14.3 Å². The third kappa shape index (κ3) is 3.49. The van der Waals surface area contributed by atoms with E-state index in [1.54, 1.807) is 25.8 Å². The minimum absolute atomic E-state index is 0.174. The van der Waals surface area contributed by atoms with Gasteiger partial charge in [-0.25, -0.2) is 0 Å². The molecule has 1 aromatic heterocycles. The molecule has 0 unspecified atom stereocenters. The minimum atomic E-state index is -0.250. The summed E-state index contributed by atoms with van der Waals surface area (Å²) in [6, 6.07) is 5.64. The van der Waals surface area contributed by atoms with E-state index in [0.717, 1.165) is 17.0 Å². The van der Waals surface area contributed by atoms with E-state index in [4.69, 9.17) is 9.47 Å². The lowest BCUT2D eigenvalue weighted by atomic mass is 10.1. The van der Waals surface area contributed by atoms with Gasteiger partial charge >= 0.3 is 0 Å². The van der Waals surface area contributed by atoms with Crippen LogP contribution in [0, 0.1) is 6.92 Å². The first-order valence-corrected chi connectivity index (χ1v) is 8.30. The smallest absolute Gasteiger partial charge is 0.276 e. The maximum absolute atomic E-state index is 12.4. The number of amides is 2. The van der Waals surface area contributed by atoms with E-state index in [0.29, 0.717) is 17.9 Å². The van der Waals surface area contributed by atoms with Crippen molar-refractivity contribution in [2.75, 3.05) is 26.2 Å². The first-order valence-electron chi connectivity index (χ1n) is 8.30. The molecule has 2 amide bonds. The Hall–Kier alpha value is -3.03. The molecule has 0 radical (unpaired) electrons. The summed E-state index contributed by atoms with van der Waals surface area (Å²) in [5.74, 6) is 0.993. The molecule has 0 fully saturated rings. The molecule has 0 spiro atoms. The molecule has 3 rings (SSSR count). The first-order chi connectivity index (χ1) is 12.4. The standard InChI is InChI=1S/C18H22N4O4/c1-11-16(17(20-22(11)4)18(24)21(2)3)19-15(23)8-6-12-5-7-13-14(9-12)26-10-25-13/h5,7,9H,6,8,10H2,1-4H3,(H,19,23). The predicted molar refractivity (Wildman–Crippen MR) is 95.5 cm³/mol. The van der Waals surface area contributed by atoms with Crippen LogP contribution in [0.1, 0.15) is 28.2 Å². The molecular weight excluding hydrogens is 336 g/mol. The molecule has 0 bridgehead atoms. The maximum atomic E-state index is 12.4. The fourth-order valence-electron chi connectivity index (χ4n) is 2.68. The summed E-state index contributed by atoms with van der Waals surface area (Å²) in [7, 11) is 5.04. The lowest BCUT2D eigenvalue weighted by Crippen LogP contribution is -2.24. The van der Waals surface area contributed by atoms with E-state index in [1.165, 1.54) is 4.90 Å². The summed E-state index contributed by atoms with van der Waals surface area (Å²) in [4.78, 5) is 26.1. The fourth-order valence-corrected chi connectivity index (χ4v) is 2.68. The third-order valence-corrected chi connectivity index (χ3v) is 4.28. The second kappa shape index (κ2) is 7.07. The van der Waals surface area contributed by atoms with Gasteiger partial charge in [0.2, 0.25) is 12.7 Å². The summed E-state index contributed by atoms with van der Waals surface area (Å²) in [6.07, 6.45) is 0.836. The lowest BCUT2D eigenvalue weighted by molar-refractivity contribution is -0.116. The molecule has 0 saturated carbocycles. The van der Waals surface area contributed by atoms with E-state index >= 15 is 0 Å². The van der Waals surface area contributed by atoms with Crippen LogP contribution in [0.5, 0.6) is 11.5 Å². The van der Waals surface area contributed by atoms with Gasteiger partial charge in [-0.15, -0.1) is 0 Å². The van der Waals surface area contributed by atoms with Crippen LogP contribution < -0.4 is 14.8 Å². The van der Waals surface area contributed by atoms with Gasteiger partial charge in [-0.05, 0) is 31.0 Å². The van der Waals surface area contributed by atoms with Crippen LogP contribution in [0.3, 0.4) is 0 Å². The zero-order chi connectivity index (χ0) is 18.8. The highest BCUT2D eigenvalue weighted by molar-refractivity contribution is 6.02. The minimum Gasteiger partial charge on any atom is -0.454 e. The number of nitrogens with one attached hydrogen (secondary N) is 1. The summed E-state index contributed by atoms with van der Waals surface area (Å²) in [5, 5.41) is 7.05. The molecule has 2 aromatic rings. The monoisotopic (exact) mass is 358 g/mol. The van der Waals surface area contributed by atoms with Crippen LogP contribution in [0.25, 0.3) is 0 Å². The normalized spacial score (nSPS) is 12.2. The average Bonchev–Trinajstić information content (AvgIpc) is 3.18. The van der Waals surface area contributed by atoms with Crippen molar-refractivity contribution in [1.82, 2.24) is 14.7 Å². The molecule has 1 N–H and O–H groups in total. The molecule has 2 heterocycles. The maximum Gasteiger partial charge on any atom is 0.276 e. The molecule has 1 aromatic carbocycles. The van der Waals surface area contributed by atoms with Gasteiger partial charge in [0.25, 0.3) is 5.91 Å². The Labute approximate surface area is 151 Å². The molecule has 138 valence electrons. The van der Waals surface area contributed by atoms with Crippen molar-refractivity contribution in [3.05, 3.63) is 35.2 Å². The van der Waals surface area contributed by atoms with Crippen LogP contribution in [-0.2, 0) is 18.3 Å². The number of carbonyl (C=O) groups excluding carboxylic acids is 2. The first kappa shape index (κ1) is 17.8. The number of nitrogens with zero attached hydrogens (tertiary/aromatic N) is 3. The number of aryl methyl sites for hydroxylation is 2. The van der Waals surface area contributed by atoms with Gasteiger partial charge in [0.05, 0.1) is 11.4 Å². The van der Waals surface area contributed by atoms with E-state index in [2.05, 4.69) is 10.4 Å². The topological polar surface area (TPSA) is 85.7 Å². The highest BCUT2D eigenvalue weighted by atomic mass is 16.7. The molecular formula is C18H22N4O4. The molecule has 0 atom stereocenters.